The molecule has 1 aliphatic rings. The van der Waals surface area contributed by atoms with Crippen LogP contribution < -0.4 is 0 Å². The second-order valence-corrected chi connectivity index (χ2v) is 12.7. The summed E-state index contributed by atoms with van der Waals surface area (Å²) in [6.45, 7) is 0. The molecule has 0 fully saturated rings. The third-order valence-electron chi connectivity index (χ3n) is 10.0. The largest absolute Gasteiger partial charge is 0.456 e. The second kappa shape index (κ2) is 9.93. The summed E-state index contributed by atoms with van der Waals surface area (Å²) in [6, 6.07) is 53.1. The quantitative estimate of drug-likeness (QED) is 0.184. The molecule has 226 valence electrons. The van der Waals surface area contributed by atoms with Crippen LogP contribution >= 0.6 is 0 Å². The van der Waals surface area contributed by atoms with Gasteiger partial charge in [0, 0.05) is 33.0 Å². The van der Waals surface area contributed by atoms with Gasteiger partial charge in [0.05, 0.1) is 0 Å². The number of benzene rings is 8. The van der Waals surface area contributed by atoms with Crippen molar-refractivity contribution in [2.24, 2.45) is 0 Å². The van der Waals surface area contributed by atoms with Crippen molar-refractivity contribution in [1.29, 1.82) is 0 Å². The lowest BCUT2D eigenvalue weighted by Crippen LogP contribution is -2.00. The van der Waals surface area contributed by atoms with E-state index < -0.39 is 0 Å². The highest BCUT2D eigenvalue weighted by Crippen LogP contribution is 2.52. The van der Waals surface area contributed by atoms with Gasteiger partial charge in [-0.25, -0.2) is 15.0 Å². The standard InChI is InChI=1S/C45H25N3O/c1-2-10-27(11-3-1)43-46-44(48-45(47-43)36-24-28-12-4-5-15-30(28)31-16-6-7-17-32(31)36)29-20-22-38-37(25-29)42-39(49-38)23-21-34-33-18-8-13-26-14-9-19-35(40(26)33)41(34)42/h1-25H. The molecule has 49 heavy (non-hydrogen) atoms. The first kappa shape index (κ1) is 26.4. The maximum atomic E-state index is 6.49. The number of rotatable bonds is 3. The number of furan rings is 1. The Morgan fingerprint density at radius 3 is 1.88 bits per heavy atom. The van der Waals surface area contributed by atoms with Gasteiger partial charge in [-0.15, -0.1) is 0 Å². The Hall–Kier alpha value is -6.65. The number of nitrogens with zero attached hydrogens (tertiary/aromatic N) is 3. The van der Waals surface area contributed by atoms with Crippen LogP contribution in [0, 0.1) is 0 Å². The molecule has 11 rings (SSSR count). The fourth-order valence-corrected chi connectivity index (χ4v) is 7.87. The zero-order valence-corrected chi connectivity index (χ0v) is 26.2. The van der Waals surface area contributed by atoms with Gasteiger partial charge in [-0.2, -0.15) is 0 Å². The van der Waals surface area contributed by atoms with E-state index in [1.165, 1.54) is 43.8 Å². The van der Waals surface area contributed by atoms with Crippen LogP contribution in [0.5, 0.6) is 0 Å². The molecule has 8 aromatic carbocycles. The summed E-state index contributed by atoms with van der Waals surface area (Å²) in [7, 11) is 0. The summed E-state index contributed by atoms with van der Waals surface area (Å²) in [4.78, 5) is 15.4. The van der Waals surface area contributed by atoms with Crippen molar-refractivity contribution < 1.29 is 4.42 Å². The molecule has 1 aliphatic carbocycles. The van der Waals surface area contributed by atoms with E-state index >= 15 is 0 Å². The van der Waals surface area contributed by atoms with E-state index in [1.54, 1.807) is 0 Å². The Labute approximate surface area is 281 Å². The van der Waals surface area contributed by atoms with Crippen molar-refractivity contribution in [3.05, 3.63) is 152 Å². The average Bonchev–Trinajstić information content (AvgIpc) is 3.71. The van der Waals surface area contributed by atoms with Gasteiger partial charge in [-0.1, -0.05) is 115 Å². The van der Waals surface area contributed by atoms with E-state index in [4.69, 9.17) is 19.4 Å². The van der Waals surface area contributed by atoms with Crippen LogP contribution in [0.3, 0.4) is 0 Å². The van der Waals surface area contributed by atoms with Gasteiger partial charge in [-0.3, -0.25) is 0 Å². The van der Waals surface area contributed by atoms with Crippen LogP contribution in [-0.4, -0.2) is 15.0 Å². The third-order valence-corrected chi connectivity index (χ3v) is 10.0. The highest BCUT2D eigenvalue weighted by molar-refractivity contribution is 6.25. The monoisotopic (exact) mass is 623 g/mol. The minimum absolute atomic E-state index is 0.621. The number of aromatic nitrogens is 3. The lowest BCUT2D eigenvalue weighted by Gasteiger charge is -2.12. The summed E-state index contributed by atoms with van der Waals surface area (Å²) < 4.78 is 6.49. The number of hydrogen-bond donors (Lipinski definition) is 0. The Morgan fingerprint density at radius 1 is 0.347 bits per heavy atom. The predicted molar refractivity (Wildman–Crippen MR) is 200 cm³/mol. The maximum Gasteiger partial charge on any atom is 0.164 e. The Bertz CT molecular complexity index is 2990. The van der Waals surface area contributed by atoms with E-state index in [9.17, 15) is 0 Å². The van der Waals surface area contributed by atoms with Crippen molar-refractivity contribution in [2.75, 3.05) is 0 Å². The summed E-state index contributed by atoms with van der Waals surface area (Å²) in [6.07, 6.45) is 0. The van der Waals surface area contributed by atoms with E-state index in [0.717, 1.165) is 49.4 Å². The summed E-state index contributed by atoms with van der Waals surface area (Å²) in [5.41, 5.74) is 9.53. The Morgan fingerprint density at radius 2 is 1.02 bits per heavy atom. The third kappa shape index (κ3) is 3.83. The van der Waals surface area contributed by atoms with Gasteiger partial charge in [0.25, 0.3) is 0 Å². The zero-order valence-electron chi connectivity index (χ0n) is 26.2. The molecule has 0 amide bonds. The van der Waals surface area contributed by atoms with E-state index in [-0.39, 0.29) is 0 Å². The zero-order chi connectivity index (χ0) is 32.1. The van der Waals surface area contributed by atoms with E-state index in [2.05, 4.69) is 133 Å². The second-order valence-electron chi connectivity index (χ2n) is 12.7. The van der Waals surface area contributed by atoms with Gasteiger partial charge in [-0.05, 0) is 85.4 Å². The van der Waals surface area contributed by atoms with Crippen molar-refractivity contribution in [2.45, 2.75) is 0 Å². The van der Waals surface area contributed by atoms with Crippen LogP contribution in [-0.2, 0) is 0 Å². The molecule has 0 N–H and O–H groups in total. The first-order valence-electron chi connectivity index (χ1n) is 16.5. The molecule has 4 heteroatoms. The molecule has 0 spiro atoms. The molecule has 0 aliphatic heterocycles. The fraction of sp³-hybridized carbons (Fsp3) is 0. The maximum absolute atomic E-state index is 6.49. The molecule has 0 bridgehead atoms. The summed E-state index contributed by atoms with van der Waals surface area (Å²) in [5.74, 6) is 1.90. The summed E-state index contributed by atoms with van der Waals surface area (Å²) >= 11 is 0. The van der Waals surface area contributed by atoms with Gasteiger partial charge in [0.1, 0.15) is 11.2 Å². The van der Waals surface area contributed by atoms with Crippen molar-refractivity contribution in [1.82, 2.24) is 15.0 Å². The SMILES string of the molecule is c1ccc(-c2nc(-c3ccc4oc5ccc6c(c5c4c3)-c3cccc4cccc-6c34)nc(-c3cc4ccccc4c4ccccc34)n2)cc1. The average molecular weight is 624 g/mol. The van der Waals surface area contributed by atoms with Gasteiger partial charge < -0.3 is 4.42 Å². The molecule has 0 saturated carbocycles. The minimum Gasteiger partial charge on any atom is -0.456 e. The topological polar surface area (TPSA) is 51.8 Å². The van der Waals surface area contributed by atoms with Crippen LogP contribution in [0.2, 0.25) is 0 Å². The minimum atomic E-state index is 0.621. The Balaban J connectivity index is 1.18. The van der Waals surface area contributed by atoms with Crippen LogP contribution in [0.15, 0.2) is 156 Å². The smallest absolute Gasteiger partial charge is 0.164 e. The first-order chi connectivity index (χ1) is 24.3. The van der Waals surface area contributed by atoms with Gasteiger partial charge >= 0.3 is 0 Å². The van der Waals surface area contributed by atoms with Crippen molar-refractivity contribution in [3.8, 4) is 56.4 Å². The predicted octanol–water partition coefficient (Wildman–Crippen LogP) is 11.9. The highest BCUT2D eigenvalue weighted by Gasteiger charge is 2.26. The fourth-order valence-electron chi connectivity index (χ4n) is 7.87. The van der Waals surface area contributed by atoms with Crippen LogP contribution in [0.25, 0.3) is 111 Å². The normalized spacial score (nSPS) is 12.1. The molecule has 0 radical (unpaired) electrons. The van der Waals surface area contributed by atoms with Crippen molar-refractivity contribution >= 4 is 54.3 Å². The molecular formula is C45H25N3O. The lowest BCUT2D eigenvalue weighted by molar-refractivity contribution is 0.669. The Kier molecular flexibility index (Phi) is 5.35. The van der Waals surface area contributed by atoms with Gasteiger partial charge in [0.15, 0.2) is 17.5 Å². The van der Waals surface area contributed by atoms with Gasteiger partial charge in [0.2, 0.25) is 0 Å². The first-order valence-corrected chi connectivity index (χ1v) is 16.5. The molecule has 10 aromatic rings. The van der Waals surface area contributed by atoms with E-state index in [1.807, 2.05) is 18.2 Å². The molecule has 2 aromatic heterocycles. The molecule has 0 saturated heterocycles. The number of hydrogen-bond acceptors (Lipinski definition) is 4. The van der Waals surface area contributed by atoms with Crippen LogP contribution in [0.4, 0.5) is 0 Å². The lowest BCUT2D eigenvalue weighted by atomic mass is 9.96. The molecule has 4 nitrogen and oxygen atoms in total. The number of fused-ring (bicyclic) bond motifs is 10. The molecule has 2 heterocycles. The molecule has 0 unspecified atom stereocenters. The summed E-state index contributed by atoms with van der Waals surface area (Å²) in [5, 5.41) is 9.37. The van der Waals surface area contributed by atoms with E-state index in [0.29, 0.717) is 17.5 Å². The highest BCUT2D eigenvalue weighted by atomic mass is 16.3. The van der Waals surface area contributed by atoms with Crippen molar-refractivity contribution in [3.63, 3.8) is 0 Å². The van der Waals surface area contributed by atoms with Crippen LogP contribution in [0.1, 0.15) is 0 Å². The molecular weight excluding hydrogens is 599 g/mol. The molecule has 0 atom stereocenters.